The third-order valence-electron chi connectivity index (χ3n) is 3.01. The summed E-state index contributed by atoms with van der Waals surface area (Å²) < 4.78 is 3.23. The summed E-state index contributed by atoms with van der Waals surface area (Å²) in [4.78, 5) is 3.16. The van der Waals surface area contributed by atoms with E-state index in [0.717, 1.165) is 21.3 Å². The molecule has 3 nitrogen and oxygen atoms in total. The summed E-state index contributed by atoms with van der Waals surface area (Å²) in [5, 5.41) is 4.41. The molecule has 0 unspecified atom stereocenters. The highest BCUT2D eigenvalue weighted by Gasteiger charge is 2.01. The maximum Gasteiger partial charge on any atom is 0.198 e. The van der Waals surface area contributed by atoms with Crippen molar-refractivity contribution in [2.45, 2.75) is 0 Å². The molecule has 1 heterocycles. The Balaban J connectivity index is 1.93. The predicted octanol–water partition coefficient (Wildman–Crippen LogP) is 4.86. The van der Waals surface area contributed by atoms with Gasteiger partial charge < -0.3 is 4.98 Å². The number of imidazole rings is 1. The molecule has 21 heavy (non-hydrogen) atoms. The second-order valence-electron chi connectivity index (χ2n) is 4.45. The molecule has 0 bridgehead atoms. The van der Waals surface area contributed by atoms with Crippen LogP contribution < -0.4 is 0 Å². The lowest BCUT2D eigenvalue weighted by molar-refractivity contribution is 0.864. The first-order chi connectivity index (χ1) is 10.2. The van der Waals surface area contributed by atoms with Gasteiger partial charge in [-0.15, -0.1) is 0 Å². The highest BCUT2D eigenvalue weighted by atomic mass is 79.9. The number of H-pyrrole nitrogens is 1. The summed E-state index contributed by atoms with van der Waals surface area (Å²) >= 11 is 8.80. The highest BCUT2D eigenvalue weighted by Crippen LogP contribution is 2.17. The van der Waals surface area contributed by atoms with Crippen LogP contribution >= 0.6 is 28.1 Å². The maximum absolute atomic E-state index is 5.30. The molecule has 104 valence electrons. The van der Waals surface area contributed by atoms with Crippen LogP contribution in [-0.2, 0) is 0 Å². The van der Waals surface area contributed by atoms with Crippen molar-refractivity contribution in [2.75, 3.05) is 0 Å². The van der Waals surface area contributed by atoms with E-state index in [2.05, 4.69) is 26.0 Å². The molecule has 0 fully saturated rings. The zero-order valence-corrected chi connectivity index (χ0v) is 13.4. The van der Waals surface area contributed by atoms with Gasteiger partial charge in [-0.1, -0.05) is 64.5 Å². The smallest absolute Gasteiger partial charge is 0.198 e. The van der Waals surface area contributed by atoms with Gasteiger partial charge in [0.1, 0.15) is 0 Å². The lowest BCUT2D eigenvalue weighted by Gasteiger charge is -1.96. The van der Waals surface area contributed by atoms with Gasteiger partial charge in [-0.05, 0) is 23.8 Å². The summed E-state index contributed by atoms with van der Waals surface area (Å²) in [5.74, 6) is 0. The minimum Gasteiger partial charge on any atom is -0.329 e. The Kier molecular flexibility index (Phi) is 4.13. The Hall–Kier alpha value is -1.98. The molecule has 3 rings (SSSR count). The topological polar surface area (TPSA) is 33.1 Å². The van der Waals surface area contributed by atoms with E-state index in [9.17, 15) is 0 Å². The van der Waals surface area contributed by atoms with Crippen LogP contribution in [0.4, 0.5) is 0 Å². The largest absolute Gasteiger partial charge is 0.329 e. The fraction of sp³-hybridized carbons (Fsp3) is 0. The third-order valence-corrected chi connectivity index (χ3v) is 4.02. The minimum atomic E-state index is 0.567. The number of hydrogen-bond donors (Lipinski definition) is 1. The molecule has 0 saturated heterocycles. The average molecular weight is 358 g/mol. The number of aromatic amines is 1. The van der Waals surface area contributed by atoms with Crippen LogP contribution in [0, 0.1) is 4.77 Å². The number of rotatable bonds is 3. The van der Waals surface area contributed by atoms with E-state index in [1.54, 1.807) is 10.9 Å². The fourth-order valence-electron chi connectivity index (χ4n) is 1.94. The van der Waals surface area contributed by atoms with Gasteiger partial charge in [-0.2, -0.15) is 5.10 Å². The molecular weight excluding hydrogens is 346 g/mol. The zero-order valence-electron chi connectivity index (χ0n) is 11.0. The molecule has 0 spiro atoms. The molecule has 2 aromatic carbocycles. The fourth-order valence-corrected chi connectivity index (χ4v) is 2.54. The van der Waals surface area contributed by atoms with Crippen molar-refractivity contribution >= 4 is 34.4 Å². The molecule has 5 heteroatoms. The van der Waals surface area contributed by atoms with Crippen molar-refractivity contribution in [1.29, 1.82) is 0 Å². The summed E-state index contributed by atoms with van der Waals surface area (Å²) in [6, 6.07) is 17.9. The number of halogens is 1. The summed E-state index contributed by atoms with van der Waals surface area (Å²) in [5.41, 5.74) is 3.03. The quantitative estimate of drug-likeness (QED) is 0.527. The molecule has 3 aromatic rings. The molecule has 0 aliphatic heterocycles. The Morgan fingerprint density at radius 2 is 1.76 bits per heavy atom. The number of aromatic nitrogens is 2. The van der Waals surface area contributed by atoms with Gasteiger partial charge in [0.15, 0.2) is 4.77 Å². The van der Waals surface area contributed by atoms with Crippen LogP contribution in [0.15, 0.2) is 70.4 Å². The lowest BCUT2D eigenvalue weighted by Crippen LogP contribution is -1.89. The van der Waals surface area contributed by atoms with Crippen LogP contribution in [0.2, 0.25) is 0 Å². The van der Waals surface area contributed by atoms with Crippen molar-refractivity contribution in [1.82, 2.24) is 9.66 Å². The lowest BCUT2D eigenvalue weighted by atomic mass is 10.2. The van der Waals surface area contributed by atoms with Gasteiger partial charge >= 0.3 is 0 Å². The van der Waals surface area contributed by atoms with Crippen molar-refractivity contribution in [3.05, 3.63) is 75.6 Å². The SMILES string of the molecule is S=c1[nH]c(-c2ccccc2)cn1/N=C/c1ccccc1Br. The van der Waals surface area contributed by atoms with Gasteiger partial charge in [-0.3, -0.25) is 0 Å². The van der Waals surface area contributed by atoms with Crippen molar-refractivity contribution < 1.29 is 0 Å². The Morgan fingerprint density at radius 3 is 2.52 bits per heavy atom. The van der Waals surface area contributed by atoms with Crippen LogP contribution in [-0.4, -0.2) is 15.9 Å². The van der Waals surface area contributed by atoms with Gasteiger partial charge in [0, 0.05) is 10.0 Å². The van der Waals surface area contributed by atoms with Crippen LogP contribution in [0.25, 0.3) is 11.3 Å². The second kappa shape index (κ2) is 6.20. The van der Waals surface area contributed by atoms with E-state index >= 15 is 0 Å². The van der Waals surface area contributed by atoms with E-state index in [4.69, 9.17) is 12.2 Å². The van der Waals surface area contributed by atoms with Gasteiger partial charge in [0.05, 0.1) is 18.1 Å². The van der Waals surface area contributed by atoms with E-state index in [1.165, 1.54) is 0 Å². The summed E-state index contributed by atoms with van der Waals surface area (Å²) in [7, 11) is 0. The van der Waals surface area contributed by atoms with E-state index in [0.29, 0.717) is 4.77 Å². The molecule has 1 N–H and O–H groups in total. The first kappa shape index (κ1) is 14.0. The van der Waals surface area contributed by atoms with Crippen LogP contribution in [0.3, 0.4) is 0 Å². The predicted molar refractivity (Wildman–Crippen MR) is 92.2 cm³/mol. The molecule has 0 aliphatic rings. The Bertz CT molecular complexity index is 834. The number of nitrogens with zero attached hydrogens (tertiary/aromatic N) is 2. The molecule has 0 aliphatic carbocycles. The summed E-state index contributed by atoms with van der Waals surface area (Å²) in [6.07, 6.45) is 3.67. The zero-order chi connectivity index (χ0) is 14.7. The van der Waals surface area contributed by atoms with Crippen LogP contribution in [0.5, 0.6) is 0 Å². The molecule has 0 atom stereocenters. The minimum absolute atomic E-state index is 0.567. The number of benzene rings is 2. The molecular formula is C16H12BrN3S. The third kappa shape index (κ3) is 3.20. The normalized spacial score (nSPS) is 11.1. The van der Waals surface area contributed by atoms with Crippen molar-refractivity contribution in [3.8, 4) is 11.3 Å². The summed E-state index contributed by atoms with van der Waals surface area (Å²) in [6.45, 7) is 0. The molecule has 0 radical (unpaired) electrons. The van der Waals surface area contributed by atoms with E-state index in [1.807, 2.05) is 60.8 Å². The standard InChI is InChI=1S/C16H12BrN3S/c17-14-9-5-4-8-13(14)10-18-20-11-15(19-16(20)21)12-6-2-1-3-7-12/h1-11H,(H,19,21)/b18-10+. The molecule has 1 aromatic heterocycles. The highest BCUT2D eigenvalue weighted by molar-refractivity contribution is 9.10. The molecule has 0 saturated carbocycles. The van der Waals surface area contributed by atoms with Crippen LogP contribution in [0.1, 0.15) is 5.56 Å². The Morgan fingerprint density at radius 1 is 1.05 bits per heavy atom. The van der Waals surface area contributed by atoms with E-state index in [-0.39, 0.29) is 0 Å². The van der Waals surface area contributed by atoms with Crippen molar-refractivity contribution in [3.63, 3.8) is 0 Å². The first-order valence-corrected chi connectivity index (χ1v) is 7.60. The number of nitrogens with one attached hydrogen (secondary N) is 1. The second-order valence-corrected chi connectivity index (χ2v) is 5.69. The average Bonchev–Trinajstić information content (AvgIpc) is 2.89. The monoisotopic (exact) mass is 357 g/mol. The molecule has 0 amide bonds. The number of hydrogen-bond acceptors (Lipinski definition) is 2. The first-order valence-electron chi connectivity index (χ1n) is 6.40. The van der Waals surface area contributed by atoms with E-state index < -0.39 is 0 Å². The van der Waals surface area contributed by atoms with Gasteiger partial charge in [0.2, 0.25) is 0 Å². The van der Waals surface area contributed by atoms with Crippen molar-refractivity contribution in [2.24, 2.45) is 5.10 Å². The van der Waals surface area contributed by atoms with Gasteiger partial charge in [0.25, 0.3) is 0 Å². The van der Waals surface area contributed by atoms with Gasteiger partial charge in [-0.25, -0.2) is 4.68 Å². The Labute approximate surface area is 136 Å². The maximum atomic E-state index is 5.30.